The number of nitrogens with zero attached hydrogens (tertiary/aromatic N) is 2. The number of rotatable bonds is 1. The smallest absolute Gasteiger partial charge is 0.150 e. The Hall–Kier alpha value is -2.16. The van der Waals surface area contributed by atoms with Crippen molar-refractivity contribution in [2.45, 2.75) is 6.92 Å². The third-order valence-corrected chi connectivity index (χ3v) is 2.86. The molecule has 0 aliphatic carbocycles. The van der Waals surface area contributed by atoms with E-state index in [0.29, 0.717) is 5.56 Å². The first kappa shape index (κ1) is 9.09. The molecule has 0 saturated heterocycles. The Bertz CT molecular complexity index is 698. The fourth-order valence-electron chi connectivity index (χ4n) is 2.05. The number of imidazole rings is 1. The number of carbonyl (C=O) groups excluding carboxylic acids is 1. The van der Waals surface area contributed by atoms with E-state index in [0.717, 1.165) is 22.8 Å². The summed E-state index contributed by atoms with van der Waals surface area (Å²) in [5, 5.41) is 1.15. The van der Waals surface area contributed by atoms with Gasteiger partial charge in [-0.15, -0.1) is 0 Å². The van der Waals surface area contributed by atoms with Gasteiger partial charge in [-0.25, -0.2) is 4.98 Å². The second-order valence-electron chi connectivity index (χ2n) is 3.88. The molecule has 78 valence electrons. The standard InChI is InChI=1S/C13H10N2O/c1-9-6-13-14-4-5-15(13)12-7-10(8-16)2-3-11(9)12/h2-8H,1H3. The lowest BCUT2D eigenvalue weighted by atomic mass is 10.1. The summed E-state index contributed by atoms with van der Waals surface area (Å²) in [7, 11) is 0. The van der Waals surface area contributed by atoms with Gasteiger partial charge in [-0.05, 0) is 24.6 Å². The molecule has 0 unspecified atom stereocenters. The van der Waals surface area contributed by atoms with E-state index >= 15 is 0 Å². The molecular formula is C13H10N2O. The molecule has 2 aromatic heterocycles. The van der Waals surface area contributed by atoms with Crippen molar-refractivity contribution in [1.29, 1.82) is 0 Å². The van der Waals surface area contributed by atoms with Gasteiger partial charge in [0.25, 0.3) is 0 Å². The molecule has 0 amide bonds. The normalized spacial score (nSPS) is 11.1. The Morgan fingerprint density at radius 2 is 2.19 bits per heavy atom. The van der Waals surface area contributed by atoms with Crippen LogP contribution in [-0.4, -0.2) is 15.7 Å². The van der Waals surface area contributed by atoms with Gasteiger partial charge in [0.2, 0.25) is 0 Å². The van der Waals surface area contributed by atoms with Crippen molar-refractivity contribution in [3.05, 3.63) is 47.8 Å². The molecule has 0 N–H and O–H groups in total. The quantitative estimate of drug-likeness (QED) is 0.578. The van der Waals surface area contributed by atoms with Crippen molar-refractivity contribution < 1.29 is 4.79 Å². The number of pyridine rings is 1. The van der Waals surface area contributed by atoms with Gasteiger partial charge in [-0.3, -0.25) is 9.20 Å². The molecule has 2 heterocycles. The zero-order chi connectivity index (χ0) is 11.1. The fourth-order valence-corrected chi connectivity index (χ4v) is 2.05. The molecule has 3 nitrogen and oxygen atoms in total. The van der Waals surface area contributed by atoms with Crippen molar-refractivity contribution in [1.82, 2.24) is 9.38 Å². The first-order chi connectivity index (χ1) is 7.79. The molecule has 0 saturated carbocycles. The van der Waals surface area contributed by atoms with E-state index in [9.17, 15) is 4.79 Å². The fraction of sp³-hybridized carbons (Fsp3) is 0.0769. The van der Waals surface area contributed by atoms with Crippen molar-refractivity contribution in [2.24, 2.45) is 0 Å². The molecule has 16 heavy (non-hydrogen) atoms. The monoisotopic (exact) mass is 210 g/mol. The van der Waals surface area contributed by atoms with E-state index in [1.165, 1.54) is 5.56 Å². The maximum atomic E-state index is 10.8. The summed E-state index contributed by atoms with van der Waals surface area (Å²) in [4.78, 5) is 15.0. The van der Waals surface area contributed by atoms with E-state index < -0.39 is 0 Å². The summed E-state index contributed by atoms with van der Waals surface area (Å²) in [6, 6.07) is 7.76. The molecule has 0 radical (unpaired) electrons. The topological polar surface area (TPSA) is 34.4 Å². The van der Waals surface area contributed by atoms with E-state index in [1.807, 2.05) is 34.9 Å². The highest BCUT2D eigenvalue weighted by atomic mass is 16.1. The van der Waals surface area contributed by atoms with Gasteiger partial charge in [0.15, 0.2) is 0 Å². The van der Waals surface area contributed by atoms with E-state index in [-0.39, 0.29) is 0 Å². The molecule has 0 atom stereocenters. The molecule has 0 bridgehead atoms. The van der Waals surface area contributed by atoms with Crippen LogP contribution in [0, 0.1) is 6.92 Å². The summed E-state index contributed by atoms with van der Waals surface area (Å²) in [5.74, 6) is 0. The summed E-state index contributed by atoms with van der Waals surface area (Å²) < 4.78 is 2.00. The highest BCUT2D eigenvalue weighted by Gasteiger charge is 2.04. The Morgan fingerprint density at radius 3 is 3.00 bits per heavy atom. The van der Waals surface area contributed by atoms with Gasteiger partial charge < -0.3 is 0 Å². The lowest BCUT2D eigenvalue weighted by molar-refractivity contribution is 0.112. The molecule has 0 fully saturated rings. The third-order valence-electron chi connectivity index (χ3n) is 2.86. The number of hydrogen-bond acceptors (Lipinski definition) is 2. The zero-order valence-corrected chi connectivity index (χ0v) is 8.84. The molecule has 3 heteroatoms. The van der Waals surface area contributed by atoms with Gasteiger partial charge in [0, 0.05) is 23.3 Å². The highest BCUT2D eigenvalue weighted by molar-refractivity contribution is 5.90. The number of carbonyl (C=O) groups is 1. The predicted molar refractivity (Wildman–Crippen MR) is 62.8 cm³/mol. The highest BCUT2D eigenvalue weighted by Crippen LogP contribution is 2.21. The van der Waals surface area contributed by atoms with E-state index in [2.05, 4.69) is 11.9 Å². The van der Waals surface area contributed by atoms with Gasteiger partial charge in [-0.2, -0.15) is 0 Å². The summed E-state index contributed by atoms with van der Waals surface area (Å²) >= 11 is 0. The third kappa shape index (κ3) is 1.15. The Kier molecular flexibility index (Phi) is 1.80. The van der Waals surface area contributed by atoms with Gasteiger partial charge in [0.1, 0.15) is 11.9 Å². The number of fused-ring (bicyclic) bond motifs is 3. The average Bonchev–Trinajstić information content (AvgIpc) is 2.76. The summed E-state index contributed by atoms with van der Waals surface area (Å²) in [5.41, 5.74) is 3.80. The minimum Gasteiger partial charge on any atom is -0.300 e. The average molecular weight is 210 g/mol. The van der Waals surface area contributed by atoms with E-state index in [1.54, 1.807) is 6.20 Å². The molecule has 0 aliphatic rings. The summed E-state index contributed by atoms with van der Waals surface area (Å²) in [6.45, 7) is 2.05. The molecule has 0 spiro atoms. The SMILES string of the molecule is Cc1cc2nccn2c2cc(C=O)ccc12. The maximum Gasteiger partial charge on any atom is 0.150 e. The predicted octanol–water partition coefficient (Wildman–Crippen LogP) is 2.61. The van der Waals surface area contributed by atoms with Crippen LogP contribution in [0.1, 0.15) is 15.9 Å². The number of aldehydes is 1. The summed E-state index contributed by atoms with van der Waals surface area (Å²) in [6.07, 6.45) is 4.54. The van der Waals surface area contributed by atoms with Crippen LogP contribution < -0.4 is 0 Å². The Labute approximate surface area is 92.3 Å². The zero-order valence-electron chi connectivity index (χ0n) is 8.84. The molecule has 1 aromatic carbocycles. The second kappa shape index (κ2) is 3.17. The lowest BCUT2D eigenvalue weighted by Gasteiger charge is -2.06. The number of benzene rings is 1. The van der Waals surface area contributed by atoms with Gasteiger partial charge in [-0.1, -0.05) is 12.1 Å². The van der Waals surface area contributed by atoms with Crippen LogP contribution in [0.2, 0.25) is 0 Å². The van der Waals surface area contributed by atoms with Crippen molar-refractivity contribution >= 4 is 22.8 Å². The Balaban J connectivity index is 2.57. The van der Waals surface area contributed by atoms with Crippen LogP contribution in [0.4, 0.5) is 0 Å². The van der Waals surface area contributed by atoms with E-state index in [4.69, 9.17) is 0 Å². The molecular weight excluding hydrogens is 200 g/mol. The minimum absolute atomic E-state index is 0.688. The Morgan fingerprint density at radius 1 is 1.31 bits per heavy atom. The maximum absolute atomic E-state index is 10.8. The van der Waals surface area contributed by atoms with Crippen LogP contribution in [-0.2, 0) is 0 Å². The number of aromatic nitrogens is 2. The number of hydrogen-bond donors (Lipinski definition) is 0. The minimum atomic E-state index is 0.688. The van der Waals surface area contributed by atoms with Gasteiger partial charge in [0.05, 0.1) is 5.52 Å². The first-order valence-corrected chi connectivity index (χ1v) is 5.11. The largest absolute Gasteiger partial charge is 0.300 e. The van der Waals surface area contributed by atoms with Crippen LogP contribution >= 0.6 is 0 Å². The molecule has 3 rings (SSSR count). The first-order valence-electron chi connectivity index (χ1n) is 5.11. The lowest BCUT2D eigenvalue weighted by Crippen LogP contribution is -1.91. The van der Waals surface area contributed by atoms with Crippen LogP contribution in [0.3, 0.4) is 0 Å². The van der Waals surface area contributed by atoms with Crippen molar-refractivity contribution in [3.8, 4) is 0 Å². The van der Waals surface area contributed by atoms with Crippen LogP contribution in [0.15, 0.2) is 36.7 Å². The number of aryl methyl sites for hydroxylation is 1. The molecule has 0 aliphatic heterocycles. The van der Waals surface area contributed by atoms with Crippen molar-refractivity contribution in [2.75, 3.05) is 0 Å². The van der Waals surface area contributed by atoms with Crippen LogP contribution in [0.25, 0.3) is 16.6 Å². The molecule has 3 aromatic rings. The van der Waals surface area contributed by atoms with Gasteiger partial charge >= 0.3 is 0 Å². The van der Waals surface area contributed by atoms with Crippen molar-refractivity contribution in [3.63, 3.8) is 0 Å². The van der Waals surface area contributed by atoms with Crippen LogP contribution in [0.5, 0.6) is 0 Å². The second-order valence-corrected chi connectivity index (χ2v) is 3.88.